The molecular formula is C16H32N2O2. The van der Waals surface area contributed by atoms with Crippen LogP contribution in [0.25, 0.3) is 0 Å². The predicted octanol–water partition coefficient (Wildman–Crippen LogP) is 3.05. The van der Waals surface area contributed by atoms with Gasteiger partial charge in [0.15, 0.2) is 0 Å². The van der Waals surface area contributed by atoms with E-state index in [2.05, 4.69) is 31.4 Å². The summed E-state index contributed by atoms with van der Waals surface area (Å²) in [5.74, 6) is 0.658. The second-order valence-electron chi connectivity index (χ2n) is 6.90. The van der Waals surface area contributed by atoms with E-state index in [0.29, 0.717) is 24.9 Å². The number of urea groups is 1. The van der Waals surface area contributed by atoms with Gasteiger partial charge in [0.1, 0.15) is 0 Å². The highest BCUT2D eigenvalue weighted by atomic mass is 16.3. The Hall–Kier alpha value is -0.770. The van der Waals surface area contributed by atoms with Gasteiger partial charge in [0.2, 0.25) is 0 Å². The second-order valence-corrected chi connectivity index (χ2v) is 6.90. The molecular weight excluding hydrogens is 252 g/mol. The Morgan fingerprint density at radius 3 is 2.75 bits per heavy atom. The minimum absolute atomic E-state index is 0.0515. The third-order valence-electron chi connectivity index (χ3n) is 4.42. The van der Waals surface area contributed by atoms with E-state index >= 15 is 0 Å². The van der Waals surface area contributed by atoms with Crippen LogP contribution in [0.15, 0.2) is 0 Å². The molecule has 1 rings (SSSR count). The summed E-state index contributed by atoms with van der Waals surface area (Å²) in [6, 6.07) is 0.298. The van der Waals surface area contributed by atoms with E-state index in [9.17, 15) is 4.79 Å². The van der Waals surface area contributed by atoms with Crippen molar-refractivity contribution >= 4 is 6.03 Å². The summed E-state index contributed by atoms with van der Waals surface area (Å²) in [7, 11) is 0. The van der Waals surface area contributed by atoms with Gasteiger partial charge >= 0.3 is 6.03 Å². The van der Waals surface area contributed by atoms with E-state index < -0.39 is 0 Å². The number of aliphatic hydroxyl groups is 1. The Labute approximate surface area is 123 Å². The second kappa shape index (κ2) is 8.50. The monoisotopic (exact) mass is 284 g/mol. The summed E-state index contributed by atoms with van der Waals surface area (Å²) < 4.78 is 0. The fourth-order valence-electron chi connectivity index (χ4n) is 2.97. The maximum atomic E-state index is 12.0. The molecule has 0 spiro atoms. The Morgan fingerprint density at radius 2 is 2.10 bits per heavy atom. The first-order valence-corrected chi connectivity index (χ1v) is 8.13. The predicted molar refractivity (Wildman–Crippen MR) is 82.7 cm³/mol. The van der Waals surface area contributed by atoms with Crippen molar-refractivity contribution in [1.82, 2.24) is 10.6 Å². The van der Waals surface area contributed by atoms with Gasteiger partial charge in [-0.05, 0) is 37.0 Å². The number of carbonyl (C=O) groups is 1. The molecule has 118 valence electrons. The summed E-state index contributed by atoms with van der Waals surface area (Å²) in [5, 5.41) is 15.1. The van der Waals surface area contributed by atoms with E-state index in [1.54, 1.807) is 0 Å². The first-order chi connectivity index (χ1) is 9.48. The number of amides is 2. The quantitative estimate of drug-likeness (QED) is 0.641. The van der Waals surface area contributed by atoms with Gasteiger partial charge < -0.3 is 15.7 Å². The summed E-state index contributed by atoms with van der Waals surface area (Å²) >= 11 is 0. The van der Waals surface area contributed by atoms with Crippen LogP contribution in [0.1, 0.15) is 65.7 Å². The van der Waals surface area contributed by atoms with Gasteiger partial charge in [-0.2, -0.15) is 0 Å². The van der Waals surface area contributed by atoms with E-state index in [0.717, 1.165) is 6.42 Å². The van der Waals surface area contributed by atoms with Crippen molar-refractivity contribution in [3.63, 3.8) is 0 Å². The lowest BCUT2D eigenvalue weighted by Crippen LogP contribution is -2.46. The summed E-state index contributed by atoms with van der Waals surface area (Å²) in [4.78, 5) is 12.0. The van der Waals surface area contributed by atoms with Crippen molar-refractivity contribution in [3.05, 3.63) is 0 Å². The lowest BCUT2D eigenvalue weighted by molar-refractivity contribution is 0.199. The maximum Gasteiger partial charge on any atom is 0.315 e. The number of nitrogens with one attached hydrogen (secondary N) is 2. The highest BCUT2D eigenvalue weighted by Crippen LogP contribution is 2.29. The summed E-state index contributed by atoms with van der Waals surface area (Å²) in [6.07, 6.45) is 8.02. The normalized spacial score (nSPS) is 22.8. The molecule has 0 aliphatic heterocycles. The third-order valence-corrected chi connectivity index (χ3v) is 4.42. The number of unbranched alkanes of at least 4 members (excludes halogenated alkanes) is 1. The highest BCUT2D eigenvalue weighted by Gasteiger charge is 2.28. The molecule has 0 saturated heterocycles. The van der Waals surface area contributed by atoms with Gasteiger partial charge in [-0.1, -0.05) is 40.0 Å². The number of carbonyl (C=O) groups excluding carboxylic acids is 1. The van der Waals surface area contributed by atoms with E-state index in [-0.39, 0.29) is 18.1 Å². The Bertz CT molecular complexity index is 292. The fraction of sp³-hybridized carbons (Fsp3) is 0.938. The van der Waals surface area contributed by atoms with Crippen molar-refractivity contribution in [3.8, 4) is 0 Å². The van der Waals surface area contributed by atoms with Crippen LogP contribution in [0.5, 0.6) is 0 Å². The largest absolute Gasteiger partial charge is 0.396 e. The minimum atomic E-state index is -0.0522. The van der Waals surface area contributed by atoms with Gasteiger partial charge in [-0.15, -0.1) is 0 Å². The first kappa shape index (κ1) is 17.3. The minimum Gasteiger partial charge on any atom is -0.396 e. The van der Waals surface area contributed by atoms with Gasteiger partial charge in [0.05, 0.1) is 0 Å². The molecule has 3 N–H and O–H groups in total. The van der Waals surface area contributed by atoms with Crippen LogP contribution in [-0.2, 0) is 0 Å². The molecule has 1 fully saturated rings. The molecule has 4 heteroatoms. The van der Waals surface area contributed by atoms with Crippen LogP contribution in [-0.4, -0.2) is 30.3 Å². The van der Waals surface area contributed by atoms with Crippen LogP contribution in [0.4, 0.5) is 4.79 Å². The van der Waals surface area contributed by atoms with E-state index in [1.807, 2.05) is 0 Å². The topological polar surface area (TPSA) is 61.4 Å². The van der Waals surface area contributed by atoms with Gasteiger partial charge in [-0.25, -0.2) is 4.79 Å². The number of hydrogen-bond donors (Lipinski definition) is 3. The lowest BCUT2D eigenvalue weighted by Gasteiger charge is -2.26. The van der Waals surface area contributed by atoms with E-state index in [4.69, 9.17) is 5.11 Å². The Kier molecular flexibility index (Phi) is 7.35. The lowest BCUT2D eigenvalue weighted by atomic mass is 9.90. The summed E-state index contributed by atoms with van der Waals surface area (Å²) in [5.41, 5.74) is -0.0522. The molecule has 2 unspecified atom stereocenters. The Morgan fingerprint density at radius 1 is 1.35 bits per heavy atom. The first-order valence-electron chi connectivity index (χ1n) is 8.13. The molecule has 1 saturated carbocycles. The van der Waals surface area contributed by atoms with Crippen molar-refractivity contribution in [2.45, 2.75) is 71.8 Å². The van der Waals surface area contributed by atoms with Crippen molar-refractivity contribution in [1.29, 1.82) is 0 Å². The zero-order valence-corrected chi connectivity index (χ0v) is 13.4. The molecule has 20 heavy (non-hydrogen) atoms. The van der Waals surface area contributed by atoms with E-state index in [1.165, 1.54) is 32.1 Å². The molecule has 0 aromatic rings. The maximum absolute atomic E-state index is 12.0. The number of hydrogen-bond acceptors (Lipinski definition) is 2. The van der Waals surface area contributed by atoms with Gasteiger partial charge in [0, 0.05) is 19.2 Å². The Balaban J connectivity index is 2.30. The average Bonchev–Trinajstić information content (AvgIpc) is 2.81. The molecule has 4 nitrogen and oxygen atoms in total. The molecule has 0 heterocycles. The molecule has 0 aromatic carbocycles. The fourth-order valence-corrected chi connectivity index (χ4v) is 2.97. The third kappa shape index (κ3) is 6.12. The van der Waals surface area contributed by atoms with Crippen LogP contribution in [0, 0.1) is 11.3 Å². The molecule has 2 atom stereocenters. The zero-order chi connectivity index (χ0) is 15.0. The van der Waals surface area contributed by atoms with Crippen LogP contribution >= 0.6 is 0 Å². The zero-order valence-electron chi connectivity index (χ0n) is 13.4. The smallest absolute Gasteiger partial charge is 0.315 e. The number of aliphatic hydroxyl groups excluding tert-OH is 1. The van der Waals surface area contributed by atoms with Crippen LogP contribution < -0.4 is 10.6 Å². The van der Waals surface area contributed by atoms with Crippen LogP contribution in [0.2, 0.25) is 0 Å². The molecule has 0 radical (unpaired) electrons. The van der Waals surface area contributed by atoms with Crippen molar-refractivity contribution in [2.24, 2.45) is 11.3 Å². The molecule has 2 amide bonds. The SMILES string of the molecule is CCCCC1CCCC1NC(=O)NCC(C)(C)CCO. The van der Waals surface area contributed by atoms with Crippen LogP contribution in [0.3, 0.4) is 0 Å². The average molecular weight is 284 g/mol. The molecule has 0 aromatic heterocycles. The van der Waals surface area contributed by atoms with Crippen molar-refractivity contribution < 1.29 is 9.90 Å². The summed E-state index contributed by atoms with van der Waals surface area (Å²) in [6.45, 7) is 7.10. The van der Waals surface area contributed by atoms with Gasteiger partial charge in [0.25, 0.3) is 0 Å². The van der Waals surface area contributed by atoms with Gasteiger partial charge in [-0.3, -0.25) is 0 Å². The highest BCUT2D eigenvalue weighted by molar-refractivity contribution is 5.74. The number of rotatable bonds is 8. The molecule has 1 aliphatic rings. The standard InChI is InChI=1S/C16H32N2O2/c1-4-5-7-13-8-6-9-14(13)18-15(20)17-12-16(2,3)10-11-19/h13-14,19H,4-12H2,1-3H3,(H2,17,18,20). The molecule has 0 bridgehead atoms. The molecule has 1 aliphatic carbocycles. The van der Waals surface area contributed by atoms with Crippen molar-refractivity contribution in [2.75, 3.05) is 13.2 Å².